The molecule has 28 heavy (non-hydrogen) atoms. The van der Waals surface area contributed by atoms with Gasteiger partial charge in [-0.15, -0.1) is 0 Å². The maximum atomic E-state index is 12.8. The van der Waals surface area contributed by atoms with E-state index in [4.69, 9.17) is 16.6 Å². The summed E-state index contributed by atoms with van der Waals surface area (Å²) in [5.74, 6) is 0.945. The van der Waals surface area contributed by atoms with Crippen molar-refractivity contribution in [3.63, 3.8) is 0 Å². The summed E-state index contributed by atoms with van der Waals surface area (Å²) in [5, 5.41) is 18.1. The number of hydrogen-bond donors (Lipinski definition) is 1. The van der Waals surface area contributed by atoms with Gasteiger partial charge in [-0.3, -0.25) is 24.5 Å². The van der Waals surface area contributed by atoms with Crippen molar-refractivity contribution in [2.75, 3.05) is 0 Å². The first kappa shape index (κ1) is 18.4. The molecule has 0 unspecified atom stereocenters. The van der Waals surface area contributed by atoms with Crippen molar-refractivity contribution in [1.29, 1.82) is 0 Å². The second-order valence-corrected chi connectivity index (χ2v) is 7.30. The zero-order valence-electron chi connectivity index (χ0n) is 15.0. The molecule has 1 aliphatic carbocycles. The van der Waals surface area contributed by atoms with E-state index in [2.05, 4.69) is 10.4 Å². The number of nitrogens with zero attached hydrogens (tertiary/aromatic N) is 4. The molecule has 2 fully saturated rings. The first-order chi connectivity index (χ1) is 13.5. The second kappa shape index (κ2) is 7.55. The number of carbonyl (C=O) groups excluding carboxylic acids is 1. The molecule has 9 nitrogen and oxygen atoms in total. The highest BCUT2D eigenvalue weighted by Crippen LogP contribution is 2.27. The number of aromatic nitrogens is 2. The van der Waals surface area contributed by atoms with Gasteiger partial charge < -0.3 is 9.73 Å². The average molecular weight is 401 g/mol. The van der Waals surface area contributed by atoms with Crippen LogP contribution in [0.4, 0.5) is 5.69 Å². The molecule has 2 aliphatic rings. The number of nitrogens with one attached hydrogen (secondary N) is 1. The van der Waals surface area contributed by atoms with Crippen LogP contribution in [-0.4, -0.2) is 36.7 Å². The zero-order chi connectivity index (χ0) is 19.7. The van der Waals surface area contributed by atoms with Gasteiger partial charge in [0.15, 0.2) is 5.11 Å². The fourth-order valence-electron chi connectivity index (χ4n) is 3.61. The van der Waals surface area contributed by atoms with Crippen LogP contribution >= 0.6 is 12.2 Å². The number of hydrogen-bond acceptors (Lipinski definition) is 6. The number of rotatable bonds is 5. The Morgan fingerprint density at radius 1 is 1.36 bits per heavy atom. The van der Waals surface area contributed by atoms with E-state index in [-0.39, 0.29) is 24.2 Å². The van der Waals surface area contributed by atoms with Gasteiger partial charge in [0.1, 0.15) is 29.6 Å². The third-order valence-corrected chi connectivity index (χ3v) is 5.27. The minimum absolute atomic E-state index is 0.0778. The van der Waals surface area contributed by atoms with E-state index in [0.29, 0.717) is 22.3 Å². The van der Waals surface area contributed by atoms with Crippen molar-refractivity contribution in [2.45, 2.75) is 44.7 Å². The third kappa shape index (κ3) is 3.68. The highest BCUT2D eigenvalue weighted by atomic mass is 32.1. The molecule has 1 amide bonds. The zero-order valence-corrected chi connectivity index (χ0v) is 15.9. The molecule has 0 atom stereocenters. The van der Waals surface area contributed by atoms with E-state index < -0.39 is 4.92 Å². The van der Waals surface area contributed by atoms with Crippen molar-refractivity contribution in [3.8, 4) is 0 Å². The van der Waals surface area contributed by atoms with Crippen molar-refractivity contribution in [3.05, 3.63) is 51.9 Å². The lowest BCUT2D eigenvalue weighted by molar-refractivity contribution is -0.385. The molecule has 1 saturated carbocycles. The van der Waals surface area contributed by atoms with Gasteiger partial charge in [0, 0.05) is 12.1 Å². The molecule has 1 aliphatic heterocycles. The quantitative estimate of drug-likeness (QED) is 0.355. The van der Waals surface area contributed by atoms with Gasteiger partial charge >= 0.3 is 5.69 Å². The molecular weight excluding hydrogens is 382 g/mol. The summed E-state index contributed by atoms with van der Waals surface area (Å²) in [6.07, 6.45) is 9.54. The predicted molar refractivity (Wildman–Crippen MR) is 104 cm³/mol. The molecule has 1 saturated heterocycles. The Bertz CT molecular complexity index is 957. The Balaban J connectivity index is 1.46. The van der Waals surface area contributed by atoms with Gasteiger partial charge in [0.25, 0.3) is 5.91 Å². The van der Waals surface area contributed by atoms with Crippen LogP contribution < -0.4 is 5.32 Å². The smallest absolute Gasteiger partial charge is 0.307 e. The molecule has 1 N–H and O–H groups in total. The third-order valence-electron chi connectivity index (χ3n) is 4.97. The lowest BCUT2D eigenvalue weighted by Crippen LogP contribution is -2.41. The molecule has 2 aromatic rings. The predicted octanol–water partition coefficient (Wildman–Crippen LogP) is 2.82. The molecule has 0 radical (unpaired) electrons. The summed E-state index contributed by atoms with van der Waals surface area (Å²) in [6.45, 7) is 0.255. The molecule has 0 spiro atoms. The van der Waals surface area contributed by atoms with Crippen LogP contribution in [0.2, 0.25) is 0 Å². The first-order valence-electron chi connectivity index (χ1n) is 9.13. The van der Waals surface area contributed by atoms with Gasteiger partial charge in [-0.2, -0.15) is 5.10 Å². The molecule has 0 bridgehead atoms. The average Bonchev–Trinajstić information content (AvgIpc) is 3.38. The van der Waals surface area contributed by atoms with Gasteiger partial charge in [-0.05, 0) is 37.2 Å². The second-order valence-electron chi connectivity index (χ2n) is 6.91. The van der Waals surface area contributed by atoms with Gasteiger partial charge in [0.05, 0.1) is 11.5 Å². The minimum Gasteiger partial charge on any atom is -0.460 e. The van der Waals surface area contributed by atoms with E-state index in [0.717, 1.165) is 25.7 Å². The molecular formula is C18H19N5O4S. The molecule has 10 heteroatoms. The molecule has 0 aromatic carbocycles. The Hall–Kier alpha value is -3.01. The van der Waals surface area contributed by atoms with Crippen LogP contribution in [0.15, 0.2) is 34.6 Å². The van der Waals surface area contributed by atoms with E-state index in [1.807, 2.05) is 0 Å². The van der Waals surface area contributed by atoms with Gasteiger partial charge in [0.2, 0.25) is 0 Å². The number of amides is 1. The van der Waals surface area contributed by atoms with Crippen molar-refractivity contribution in [2.24, 2.45) is 0 Å². The van der Waals surface area contributed by atoms with Crippen LogP contribution in [0.5, 0.6) is 0 Å². The van der Waals surface area contributed by atoms with E-state index >= 15 is 0 Å². The number of thiocarbonyl (C=S) groups is 1. The van der Waals surface area contributed by atoms with E-state index in [9.17, 15) is 14.9 Å². The maximum absolute atomic E-state index is 12.8. The van der Waals surface area contributed by atoms with Crippen molar-refractivity contribution < 1.29 is 14.1 Å². The van der Waals surface area contributed by atoms with Crippen LogP contribution in [0.3, 0.4) is 0 Å². The van der Waals surface area contributed by atoms with E-state index in [1.54, 1.807) is 23.1 Å². The Kier molecular flexibility index (Phi) is 4.95. The summed E-state index contributed by atoms with van der Waals surface area (Å²) in [4.78, 5) is 24.7. The normalized spacial score (nSPS) is 19.4. The fraction of sp³-hybridized carbons (Fsp3) is 0.389. The summed E-state index contributed by atoms with van der Waals surface area (Å²) in [5.41, 5.74) is 0.317. The number of furan rings is 1. The number of carbonyl (C=O) groups is 1. The SMILES string of the molecule is O=C1/C(=C\c2ccc(Cn3cc([N+](=O)[O-])cn3)o2)NC(=S)N1C1CCCCC1. The standard InChI is InChI=1S/C18H19N5O4S/c24-17-16(20-18(28)22(17)12-4-2-1-3-5-12)8-14-6-7-15(27-14)11-21-10-13(9-19-21)23(25)26/h6-10,12H,1-5,11H2,(H,20,28)/b16-8+. The monoisotopic (exact) mass is 401 g/mol. The molecule has 2 aromatic heterocycles. The van der Waals surface area contributed by atoms with Crippen LogP contribution in [-0.2, 0) is 11.3 Å². The van der Waals surface area contributed by atoms with Crippen LogP contribution in [0, 0.1) is 10.1 Å². The lowest BCUT2D eigenvalue weighted by Gasteiger charge is -2.29. The van der Waals surface area contributed by atoms with Crippen LogP contribution in [0.1, 0.15) is 43.6 Å². The van der Waals surface area contributed by atoms with Crippen LogP contribution in [0.25, 0.3) is 6.08 Å². The Labute approximate surface area is 166 Å². The van der Waals surface area contributed by atoms with Crippen molar-refractivity contribution in [1.82, 2.24) is 20.0 Å². The van der Waals surface area contributed by atoms with Gasteiger partial charge in [-0.1, -0.05) is 19.3 Å². The largest absolute Gasteiger partial charge is 0.460 e. The summed E-state index contributed by atoms with van der Waals surface area (Å²) in [6, 6.07) is 3.65. The lowest BCUT2D eigenvalue weighted by atomic mass is 9.94. The topological polar surface area (TPSA) is 106 Å². The summed E-state index contributed by atoms with van der Waals surface area (Å²) >= 11 is 5.36. The molecule has 4 rings (SSSR count). The summed E-state index contributed by atoms with van der Waals surface area (Å²) < 4.78 is 7.15. The highest BCUT2D eigenvalue weighted by molar-refractivity contribution is 7.80. The molecule has 146 valence electrons. The summed E-state index contributed by atoms with van der Waals surface area (Å²) in [7, 11) is 0. The van der Waals surface area contributed by atoms with Crippen molar-refractivity contribution >= 4 is 35.0 Å². The number of nitro groups is 1. The van der Waals surface area contributed by atoms with E-state index in [1.165, 1.54) is 23.5 Å². The fourth-order valence-corrected chi connectivity index (χ4v) is 3.95. The Morgan fingerprint density at radius 3 is 2.86 bits per heavy atom. The highest BCUT2D eigenvalue weighted by Gasteiger charge is 2.36. The first-order valence-corrected chi connectivity index (χ1v) is 9.54. The Morgan fingerprint density at radius 2 is 2.14 bits per heavy atom. The molecule has 3 heterocycles. The van der Waals surface area contributed by atoms with Gasteiger partial charge in [-0.25, -0.2) is 0 Å². The maximum Gasteiger partial charge on any atom is 0.307 e. The minimum atomic E-state index is -0.500.